The molecule has 0 bridgehead atoms. The molecule has 1 saturated carbocycles. The van der Waals surface area contributed by atoms with Gasteiger partial charge in [-0.2, -0.15) is 9.97 Å². The number of carbonyl (C=O) groups excluding carboxylic acids is 3. The number of rotatable bonds is 33. The number of amides is 2. The molecule has 7 heterocycles. The lowest BCUT2D eigenvalue weighted by molar-refractivity contribution is -0.168. The molecule has 0 unspecified atom stereocenters. The topological polar surface area (TPSA) is 367 Å². The average Bonchev–Trinajstić information content (AvgIpc) is 1.45. The van der Waals surface area contributed by atoms with Crippen LogP contribution in [-0.2, 0) is 67.3 Å². The van der Waals surface area contributed by atoms with Crippen molar-refractivity contribution in [2.45, 2.75) is 90.3 Å². The lowest BCUT2D eigenvalue weighted by Crippen LogP contribution is -2.50. The maximum atomic E-state index is 15.6. The summed E-state index contributed by atoms with van der Waals surface area (Å²) in [7, 11) is 0. The van der Waals surface area contributed by atoms with Gasteiger partial charge in [0.1, 0.15) is 29.3 Å². The minimum atomic E-state index is -1.46. The number of fused-ring (bicyclic) bond motifs is 2. The molecular formula is C59H72ClF2N17O12. The molecule has 7 aromatic rings. The molecule has 1 aromatic carbocycles. The van der Waals surface area contributed by atoms with Crippen molar-refractivity contribution in [1.29, 1.82) is 0 Å². The summed E-state index contributed by atoms with van der Waals surface area (Å²) in [5.74, 6) is -4.01. The summed E-state index contributed by atoms with van der Waals surface area (Å²) >= 11 is 6.70. The second-order valence-electron chi connectivity index (χ2n) is 21.5. The van der Waals surface area contributed by atoms with E-state index >= 15 is 4.39 Å². The highest BCUT2D eigenvalue weighted by molar-refractivity contribution is 6.35. The number of pyridine rings is 2. The van der Waals surface area contributed by atoms with Crippen molar-refractivity contribution in [2.24, 2.45) is 5.92 Å². The van der Waals surface area contributed by atoms with Crippen LogP contribution in [0, 0.1) is 24.5 Å². The van der Waals surface area contributed by atoms with Crippen LogP contribution in [0.4, 0.5) is 26.4 Å². The van der Waals surface area contributed by atoms with Crippen molar-refractivity contribution in [1.82, 2.24) is 70.4 Å². The monoisotopic (exact) mass is 1280 g/mol. The lowest BCUT2D eigenvalue weighted by Gasteiger charge is -2.34. The third-order valence-electron chi connectivity index (χ3n) is 15.0. The van der Waals surface area contributed by atoms with Gasteiger partial charge in [-0.3, -0.25) is 14.4 Å². The van der Waals surface area contributed by atoms with E-state index < -0.39 is 41.7 Å². The standard InChI is InChI=1S/C59H72ClF2N17O12/c1-35(42-5-3-4-6-43(42)61)70-52-49(60)36(2)69-45-27-44(62)50(72-51(45)52)38-28-67-59(68-29-38)78-16-14-77(15-17-78)48(81)34-89-20-18-79-32-41(75-76-79)33-90-26-25-88-24-23-87-22-21-86-19-13-64-47(80)12-11-46(56(83)84)91-57(85)37-7-9-39(10-8-37)65-30-40-31-66-54-53(71-40)55(82)74-58(63)73-54/h3-6,27-29,31-32,35,37,39,46,65H,7-26,30,33-34H2,1-2H3,(H,64,80)(H,69,70)(H,83,84)(H3,63,66,73,74,82)/t35-,37?,39?,46+/m1/s1. The highest BCUT2D eigenvalue weighted by Crippen LogP contribution is 2.37. The molecule has 91 heavy (non-hydrogen) atoms. The molecule has 29 nitrogen and oxygen atoms in total. The van der Waals surface area contributed by atoms with Gasteiger partial charge in [0.2, 0.25) is 29.6 Å². The molecule has 2 aliphatic rings. The number of aromatic nitrogens is 11. The van der Waals surface area contributed by atoms with E-state index in [9.17, 15) is 33.8 Å². The number of benzene rings is 1. The molecule has 2 fully saturated rings. The van der Waals surface area contributed by atoms with Crippen LogP contribution in [-0.4, -0.2) is 198 Å². The summed E-state index contributed by atoms with van der Waals surface area (Å²) in [5, 5.41) is 37.6. The van der Waals surface area contributed by atoms with Crippen LogP contribution in [0.5, 0.6) is 5.88 Å². The normalized spacial score (nSPS) is 15.8. The average molecular weight is 1280 g/mol. The maximum Gasteiger partial charge on any atom is 0.345 e. The highest BCUT2D eigenvalue weighted by atomic mass is 35.5. The van der Waals surface area contributed by atoms with Crippen LogP contribution in [0.3, 0.4) is 0 Å². The second kappa shape index (κ2) is 32.9. The van der Waals surface area contributed by atoms with E-state index in [1.54, 1.807) is 47.8 Å². The first kappa shape index (κ1) is 66.8. The van der Waals surface area contributed by atoms with Crippen molar-refractivity contribution in [3.05, 3.63) is 94.4 Å². The first-order chi connectivity index (χ1) is 44.1. The minimum absolute atomic E-state index is 0.00327. The number of carbonyl (C=O) groups is 4. The van der Waals surface area contributed by atoms with E-state index in [4.69, 9.17) is 45.8 Å². The molecular weight excluding hydrogens is 1210 g/mol. The van der Waals surface area contributed by atoms with E-state index in [1.807, 2.05) is 4.90 Å². The van der Waals surface area contributed by atoms with Gasteiger partial charge in [-0.1, -0.05) is 35.0 Å². The van der Waals surface area contributed by atoms with E-state index in [-0.39, 0.29) is 109 Å². The van der Waals surface area contributed by atoms with Gasteiger partial charge < -0.3 is 70.1 Å². The van der Waals surface area contributed by atoms with Crippen LogP contribution in [0.1, 0.15) is 74.1 Å². The number of aryl methyl sites for hydroxylation is 1. The molecule has 9 rings (SSSR count). The zero-order valence-corrected chi connectivity index (χ0v) is 51.0. The van der Waals surface area contributed by atoms with E-state index in [0.717, 1.165) is 0 Å². The molecule has 7 N–H and O–H groups in total. The molecule has 32 heteroatoms. The Hall–Kier alpha value is -8.59. The van der Waals surface area contributed by atoms with Crippen molar-refractivity contribution in [3.63, 3.8) is 0 Å². The first-order valence-corrected chi connectivity index (χ1v) is 30.2. The van der Waals surface area contributed by atoms with Gasteiger partial charge in [0.25, 0.3) is 0 Å². The fourth-order valence-corrected chi connectivity index (χ4v) is 10.3. The van der Waals surface area contributed by atoms with Gasteiger partial charge in [0.15, 0.2) is 23.1 Å². The van der Waals surface area contributed by atoms with Gasteiger partial charge in [-0.25, -0.2) is 48.2 Å². The SMILES string of the molecule is Cc1nc2cc(F)c(-c3cnc(N4CCN(C(=O)COCCn5cc(COCCOCCOCCOCCNC(=O)CC[C@H](OC(=O)C6CCC(NCc7cnc8nc(N)nc(O)c8n7)CC6)C(=O)O)nn5)CC4)nc3)nc2c(N[C@H](C)c2ccccc2F)c1Cl. The fourth-order valence-electron chi connectivity index (χ4n) is 10.1. The number of aromatic hydroxyl groups is 1. The summed E-state index contributed by atoms with van der Waals surface area (Å²) in [6.45, 7) is 8.67. The lowest BCUT2D eigenvalue weighted by atomic mass is 9.86. The Kier molecular flexibility index (Phi) is 24.2. The zero-order chi connectivity index (χ0) is 64.2. The predicted octanol–water partition coefficient (Wildman–Crippen LogP) is 4.29. The third-order valence-corrected chi connectivity index (χ3v) is 15.5. The van der Waals surface area contributed by atoms with E-state index in [0.29, 0.717) is 143 Å². The Morgan fingerprint density at radius 2 is 1.53 bits per heavy atom. The van der Waals surface area contributed by atoms with E-state index in [1.165, 1.54) is 30.7 Å². The van der Waals surface area contributed by atoms with Crippen LogP contribution < -0.4 is 26.6 Å². The Labute approximate surface area is 526 Å². The van der Waals surface area contributed by atoms with Gasteiger partial charge in [-0.15, -0.1) is 5.10 Å². The summed E-state index contributed by atoms with van der Waals surface area (Å²) in [5.41, 5.74) is 9.24. The number of hydrogen-bond donors (Lipinski definition) is 6. The number of anilines is 3. The fraction of sp³-hybridized carbons (Fsp3) is 0.492. The van der Waals surface area contributed by atoms with Crippen LogP contribution in [0.25, 0.3) is 33.5 Å². The van der Waals surface area contributed by atoms with E-state index in [2.05, 4.69) is 66.1 Å². The first-order valence-electron chi connectivity index (χ1n) is 29.8. The smallest absolute Gasteiger partial charge is 0.345 e. The number of carboxylic acid groups (broad SMARTS) is 1. The Morgan fingerprint density at radius 1 is 0.813 bits per heavy atom. The molecule has 486 valence electrons. The molecule has 2 amide bonds. The number of hydrogen-bond acceptors (Lipinski definition) is 25. The highest BCUT2D eigenvalue weighted by Gasteiger charge is 2.32. The molecule has 2 atom stereocenters. The maximum absolute atomic E-state index is 15.6. The molecule has 0 radical (unpaired) electrons. The summed E-state index contributed by atoms with van der Waals surface area (Å²) < 4.78 is 65.1. The number of nitrogens with one attached hydrogen (secondary N) is 3. The minimum Gasteiger partial charge on any atom is -0.492 e. The number of nitrogens with two attached hydrogens (primary N) is 1. The number of nitrogen functional groups attached to an aromatic ring is 1. The van der Waals surface area contributed by atoms with Crippen molar-refractivity contribution in [2.75, 3.05) is 108 Å². The number of aliphatic carboxylic acids is 1. The number of piperazine rings is 1. The molecule has 1 saturated heterocycles. The summed E-state index contributed by atoms with van der Waals surface area (Å²) in [4.78, 5) is 88.2. The van der Waals surface area contributed by atoms with Gasteiger partial charge in [0, 0.05) is 87.7 Å². The van der Waals surface area contributed by atoms with Crippen LogP contribution in [0.15, 0.2) is 55.1 Å². The number of carboxylic acids is 1. The quantitative estimate of drug-likeness (QED) is 0.0247. The summed E-state index contributed by atoms with van der Waals surface area (Å²) in [6, 6.07) is 7.25. The molecule has 1 aliphatic heterocycles. The van der Waals surface area contributed by atoms with Crippen molar-refractivity contribution >= 4 is 75.1 Å². The number of halogens is 3. The Balaban J connectivity index is 0.556. The zero-order valence-electron chi connectivity index (χ0n) is 50.3. The Bertz CT molecular complexity index is 3600. The number of nitrogens with zero attached hydrogens (tertiary/aromatic N) is 13. The summed E-state index contributed by atoms with van der Waals surface area (Å²) in [6.07, 6.45) is 6.72. The number of esters is 1. The molecule has 1 aliphatic carbocycles. The van der Waals surface area contributed by atoms with Gasteiger partial charge >= 0.3 is 11.9 Å². The van der Waals surface area contributed by atoms with Gasteiger partial charge in [0.05, 0.1) is 118 Å². The van der Waals surface area contributed by atoms with Crippen molar-refractivity contribution in [3.8, 4) is 17.1 Å². The molecule has 6 aromatic heterocycles. The third kappa shape index (κ3) is 19.0. The molecule has 0 spiro atoms. The van der Waals surface area contributed by atoms with Crippen molar-refractivity contribution < 1.29 is 66.6 Å². The van der Waals surface area contributed by atoms with Crippen LogP contribution in [0.2, 0.25) is 5.02 Å². The second-order valence-corrected chi connectivity index (χ2v) is 21.9. The largest absolute Gasteiger partial charge is 0.492 e. The predicted molar refractivity (Wildman–Crippen MR) is 324 cm³/mol. The van der Waals surface area contributed by atoms with Gasteiger partial charge in [-0.05, 0) is 45.6 Å². The Morgan fingerprint density at radius 3 is 2.25 bits per heavy atom. The van der Waals surface area contributed by atoms with Crippen LogP contribution >= 0.6 is 11.6 Å². The number of ether oxygens (including phenoxy) is 6.